The molecule has 2 heterocycles. The van der Waals surface area contributed by atoms with E-state index in [-0.39, 0.29) is 5.91 Å². The summed E-state index contributed by atoms with van der Waals surface area (Å²) in [6, 6.07) is 12.7. The van der Waals surface area contributed by atoms with Crippen molar-refractivity contribution in [2.45, 2.75) is 6.54 Å². The van der Waals surface area contributed by atoms with E-state index in [1.54, 1.807) is 31.4 Å². The fourth-order valence-corrected chi connectivity index (χ4v) is 3.24. The number of nitrogens with one attached hydrogen (secondary N) is 1. The molecule has 5 nitrogen and oxygen atoms in total. The second-order valence-corrected chi connectivity index (χ2v) is 5.90. The van der Waals surface area contributed by atoms with E-state index in [1.807, 2.05) is 22.8 Å². The van der Waals surface area contributed by atoms with Gasteiger partial charge in [0.2, 0.25) is 0 Å². The molecule has 0 saturated carbocycles. The Balaban J connectivity index is 1.78. The largest absolute Gasteiger partial charge is 0.495 e. The summed E-state index contributed by atoms with van der Waals surface area (Å²) < 4.78 is 12.9. The molecule has 0 saturated heterocycles. The van der Waals surface area contributed by atoms with E-state index in [0.29, 0.717) is 35.3 Å². The second-order valence-electron chi connectivity index (χ2n) is 5.49. The highest BCUT2D eigenvalue weighted by Gasteiger charge is 2.23. The summed E-state index contributed by atoms with van der Waals surface area (Å²) in [6.07, 6.45) is 0. The Bertz CT molecular complexity index is 949. The van der Waals surface area contributed by atoms with Gasteiger partial charge in [-0.3, -0.25) is 4.79 Å². The van der Waals surface area contributed by atoms with Crippen molar-refractivity contribution in [1.29, 1.82) is 0 Å². The van der Waals surface area contributed by atoms with Gasteiger partial charge in [-0.15, -0.1) is 0 Å². The van der Waals surface area contributed by atoms with Crippen LogP contribution in [0.4, 0.5) is 5.69 Å². The third kappa shape index (κ3) is 2.29. The standard InChI is InChI=1S/C18H15ClN2O3/c1-23-15-5-3-2-4-13(15)20-18(22)14-10-11-12(19)6-7-16-17(11)21(14)8-9-24-16/h2-7,10H,8-9H2,1H3,(H,20,22). The smallest absolute Gasteiger partial charge is 0.272 e. The zero-order chi connectivity index (χ0) is 16.7. The minimum absolute atomic E-state index is 0.209. The molecule has 24 heavy (non-hydrogen) atoms. The van der Waals surface area contributed by atoms with Crippen LogP contribution in [0, 0.1) is 0 Å². The Kier molecular flexibility index (Phi) is 3.58. The van der Waals surface area contributed by atoms with E-state index in [0.717, 1.165) is 16.7 Å². The molecule has 1 aromatic heterocycles. The normalized spacial score (nSPS) is 12.8. The molecular weight excluding hydrogens is 328 g/mol. The van der Waals surface area contributed by atoms with Crippen LogP contribution in [-0.2, 0) is 6.54 Å². The number of para-hydroxylation sites is 2. The summed E-state index contributed by atoms with van der Waals surface area (Å²) in [5.41, 5.74) is 2.04. The van der Waals surface area contributed by atoms with Crippen LogP contribution in [0.3, 0.4) is 0 Å². The van der Waals surface area contributed by atoms with Crippen molar-refractivity contribution in [1.82, 2.24) is 4.57 Å². The quantitative estimate of drug-likeness (QED) is 0.784. The Labute approximate surface area is 143 Å². The van der Waals surface area contributed by atoms with Gasteiger partial charge in [-0.2, -0.15) is 0 Å². The molecule has 0 atom stereocenters. The van der Waals surface area contributed by atoms with Crippen LogP contribution in [0.15, 0.2) is 42.5 Å². The molecule has 1 aliphatic heterocycles. The summed E-state index contributed by atoms with van der Waals surface area (Å²) in [5, 5.41) is 4.33. The van der Waals surface area contributed by atoms with E-state index in [1.165, 1.54) is 0 Å². The highest BCUT2D eigenvalue weighted by Crippen LogP contribution is 2.36. The number of hydrogen-bond acceptors (Lipinski definition) is 3. The molecule has 4 rings (SSSR count). The molecule has 0 spiro atoms. The number of benzene rings is 2. The van der Waals surface area contributed by atoms with Crippen molar-refractivity contribution in [2.24, 2.45) is 0 Å². The number of anilines is 1. The van der Waals surface area contributed by atoms with Gasteiger partial charge in [0.25, 0.3) is 5.91 Å². The molecule has 1 N–H and O–H groups in total. The van der Waals surface area contributed by atoms with Crippen molar-refractivity contribution < 1.29 is 14.3 Å². The fourth-order valence-electron chi connectivity index (χ4n) is 3.03. The summed E-state index contributed by atoms with van der Waals surface area (Å²) >= 11 is 6.29. The predicted molar refractivity (Wildman–Crippen MR) is 93.4 cm³/mol. The maximum atomic E-state index is 12.8. The van der Waals surface area contributed by atoms with Gasteiger partial charge in [0.1, 0.15) is 23.8 Å². The second kappa shape index (κ2) is 5.76. The van der Waals surface area contributed by atoms with Crippen molar-refractivity contribution in [3.63, 3.8) is 0 Å². The molecule has 0 aliphatic carbocycles. The van der Waals surface area contributed by atoms with Crippen molar-refractivity contribution in [3.8, 4) is 11.5 Å². The van der Waals surface area contributed by atoms with E-state index in [2.05, 4.69) is 5.32 Å². The lowest BCUT2D eigenvalue weighted by Crippen LogP contribution is -2.21. The molecule has 0 radical (unpaired) electrons. The third-order valence-electron chi connectivity index (χ3n) is 4.13. The summed E-state index contributed by atoms with van der Waals surface area (Å²) in [7, 11) is 1.57. The van der Waals surface area contributed by atoms with E-state index >= 15 is 0 Å². The monoisotopic (exact) mass is 342 g/mol. The molecule has 6 heteroatoms. The predicted octanol–water partition coefficient (Wildman–Crippen LogP) is 3.95. The number of carbonyl (C=O) groups is 1. The highest BCUT2D eigenvalue weighted by atomic mass is 35.5. The number of nitrogens with zero attached hydrogens (tertiary/aromatic N) is 1. The van der Waals surface area contributed by atoms with E-state index in [4.69, 9.17) is 21.1 Å². The molecule has 1 amide bonds. The SMILES string of the molecule is COc1ccccc1NC(=O)c1cc2c(Cl)ccc3c2n1CCO3. The number of methoxy groups -OCH3 is 1. The highest BCUT2D eigenvalue weighted by molar-refractivity contribution is 6.36. The van der Waals surface area contributed by atoms with Crippen LogP contribution in [0.2, 0.25) is 5.02 Å². The molecule has 3 aromatic rings. The Morgan fingerprint density at radius 2 is 2.12 bits per heavy atom. The van der Waals surface area contributed by atoms with E-state index < -0.39 is 0 Å². The number of halogens is 1. The molecule has 0 fully saturated rings. The lowest BCUT2D eigenvalue weighted by molar-refractivity contribution is 0.101. The molecule has 1 aliphatic rings. The Morgan fingerprint density at radius 1 is 1.29 bits per heavy atom. The first-order chi connectivity index (χ1) is 11.7. The molecular formula is C18H15ClN2O3. The molecule has 2 aromatic carbocycles. The van der Waals surface area contributed by atoms with Crippen molar-refractivity contribution >= 4 is 34.1 Å². The maximum Gasteiger partial charge on any atom is 0.272 e. The lowest BCUT2D eigenvalue weighted by atomic mass is 10.2. The number of ether oxygens (including phenoxy) is 2. The molecule has 0 bridgehead atoms. The van der Waals surface area contributed by atoms with Gasteiger partial charge in [0.15, 0.2) is 0 Å². The number of hydrogen-bond donors (Lipinski definition) is 1. The maximum absolute atomic E-state index is 12.8. The van der Waals surface area contributed by atoms with Gasteiger partial charge in [0.05, 0.1) is 29.9 Å². The van der Waals surface area contributed by atoms with Crippen molar-refractivity contribution in [2.75, 3.05) is 19.0 Å². The zero-order valence-electron chi connectivity index (χ0n) is 13.0. The number of aromatic nitrogens is 1. The summed E-state index contributed by atoms with van der Waals surface area (Å²) in [5.74, 6) is 1.15. The summed E-state index contributed by atoms with van der Waals surface area (Å²) in [6.45, 7) is 1.12. The minimum Gasteiger partial charge on any atom is -0.495 e. The first-order valence-electron chi connectivity index (χ1n) is 7.58. The average Bonchev–Trinajstić information content (AvgIpc) is 3.00. The van der Waals surface area contributed by atoms with Gasteiger partial charge in [0, 0.05) is 5.39 Å². The number of carbonyl (C=O) groups excluding carboxylic acids is 1. The lowest BCUT2D eigenvalue weighted by Gasteiger charge is -2.19. The van der Waals surface area contributed by atoms with Crippen molar-refractivity contribution in [3.05, 3.63) is 53.2 Å². The zero-order valence-corrected chi connectivity index (χ0v) is 13.8. The Morgan fingerprint density at radius 3 is 2.96 bits per heavy atom. The number of rotatable bonds is 3. The van der Waals surface area contributed by atoms with Gasteiger partial charge < -0.3 is 19.4 Å². The van der Waals surface area contributed by atoms with Crippen LogP contribution in [0.25, 0.3) is 10.9 Å². The molecule has 122 valence electrons. The van der Waals surface area contributed by atoms with Crippen LogP contribution in [0.5, 0.6) is 11.5 Å². The van der Waals surface area contributed by atoms with Crippen LogP contribution in [0.1, 0.15) is 10.5 Å². The minimum atomic E-state index is -0.209. The van der Waals surface area contributed by atoms with Gasteiger partial charge in [-0.25, -0.2) is 0 Å². The van der Waals surface area contributed by atoms with Gasteiger partial charge in [-0.05, 0) is 30.3 Å². The average molecular weight is 343 g/mol. The fraction of sp³-hybridized carbons (Fsp3) is 0.167. The van der Waals surface area contributed by atoms with Gasteiger partial charge >= 0.3 is 0 Å². The third-order valence-corrected chi connectivity index (χ3v) is 4.46. The van der Waals surface area contributed by atoms with Crippen LogP contribution in [-0.4, -0.2) is 24.2 Å². The van der Waals surface area contributed by atoms with Crippen LogP contribution >= 0.6 is 11.6 Å². The Hall–Kier alpha value is -2.66. The van der Waals surface area contributed by atoms with Gasteiger partial charge in [-0.1, -0.05) is 23.7 Å². The first kappa shape index (κ1) is 14.9. The summed E-state index contributed by atoms with van der Waals surface area (Å²) in [4.78, 5) is 12.8. The van der Waals surface area contributed by atoms with E-state index in [9.17, 15) is 4.79 Å². The topological polar surface area (TPSA) is 52.5 Å². The first-order valence-corrected chi connectivity index (χ1v) is 7.96. The number of amides is 1. The van der Waals surface area contributed by atoms with Crippen LogP contribution < -0.4 is 14.8 Å². The molecule has 0 unspecified atom stereocenters.